The van der Waals surface area contributed by atoms with E-state index in [1.807, 2.05) is 12.1 Å². The lowest BCUT2D eigenvalue weighted by Crippen LogP contribution is -2.20. The Morgan fingerprint density at radius 2 is 1.45 bits per heavy atom. The van der Waals surface area contributed by atoms with Gasteiger partial charge in [-0.1, -0.05) is 45.0 Å². The summed E-state index contributed by atoms with van der Waals surface area (Å²) in [5.74, 6) is -0.680. The number of hydrogen-bond donors (Lipinski definition) is 2. The maximum atomic E-state index is 12.5. The zero-order valence-corrected chi connectivity index (χ0v) is 18.6. The van der Waals surface area contributed by atoms with Crippen LogP contribution >= 0.6 is 0 Å². The van der Waals surface area contributed by atoms with Gasteiger partial charge in [0.15, 0.2) is 12.4 Å². The van der Waals surface area contributed by atoms with Crippen LogP contribution in [0.25, 0.3) is 0 Å². The Balaban J connectivity index is 1.54. The van der Waals surface area contributed by atoms with Gasteiger partial charge >= 0.3 is 5.69 Å². The quantitative estimate of drug-likeness (QED) is 0.384. The normalized spacial score (nSPS) is 10.9. The van der Waals surface area contributed by atoms with Crippen LogP contribution in [-0.2, 0) is 10.2 Å². The first-order valence-electron chi connectivity index (χ1n) is 10.3. The van der Waals surface area contributed by atoms with Crippen molar-refractivity contribution in [1.29, 1.82) is 0 Å². The van der Waals surface area contributed by atoms with E-state index in [0.717, 1.165) is 5.56 Å². The van der Waals surface area contributed by atoms with Crippen molar-refractivity contribution in [1.82, 2.24) is 0 Å². The molecule has 170 valence electrons. The third-order valence-electron chi connectivity index (χ3n) is 4.86. The van der Waals surface area contributed by atoms with Crippen molar-refractivity contribution in [2.24, 2.45) is 0 Å². The van der Waals surface area contributed by atoms with Crippen molar-refractivity contribution in [2.45, 2.75) is 26.2 Å². The second-order valence-corrected chi connectivity index (χ2v) is 8.42. The molecule has 33 heavy (non-hydrogen) atoms. The maximum Gasteiger partial charge on any atom is 0.310 e. The minimum Gasteiger partial charge on any atom is -0.477 e. The molecule has 0 aliphatic carbocycles. The molecule has 0 aliphatic heterocycles. The van der Waals surface area contributed by atoms with E-state index in [0.29, 0.717) is 16.9 Å². The fraction of sp³-hybridized carbons (Fsp3) is 0.200. The largest absolute Gasteiger partial charge is 0.477 e. The number of nitro benzene ring substituents is 1. The third kappa shape index (κ3) is 6.39. The molecule has 3 aromatic carbocycles. The Morgan fingerprint density at radius 3 is 2.03 bits per heavy atom. The second-order valence-electron chi connectivity index (χ2n) is 8.42. The highest BCUT2D eigenvalue weighted by Gasteiger charge is 2.16. The molecule has 0 saturated heterocycles. The van der Waals surface area contributed by atoms with Crippen molar-refractivity contribution < 1.29 is 19.2 Å². The number of amides is 2. The molecule has 2 N–H and O–H groups in total. The molecule has 0 spiro atoms. The minimum absolute atomic E-state index is 0.0100. The molecule has 0 saturated carbocycles. The van der Waals surface area contributed by atoms with Crippen LogP contribution in [0.3, 0.4) is 0 Å². The van der Waals surface area contributed by atoms with Gasteiger partial charge in [0.2, 0.25) is 0 Å². The highest BCUT2D eigenvalue weighted by Crippen LogP contribution is 2.26. The number of hydrogen-bond acceptors (Lipinski definition) is 5. The SMILES string of the molecule is CC(C)(C)c1ccc(C(=O)Nc2ccc(NC(=O)COc3ccccc3[N+](=O)[O-])cc2)cc1. The molecule has 0 unspecified atom stereocenters. The fourth-order valence-electron chi connectivity index (χ4n) is 3.03. The van der Waals surface area contributed by atoms with E-state index in [1.54, 1.807) is 42.5 Å². The van der Waals surface area contributed by atoms with Crippen LogP contribution in [0.1, 0.15) is 36.7 Å². The second kappa shape index (κ2) is 9.95. The Labute approximate surface area is 191 Å². The first kappa shape index (κ1) is 23.5. The van der Waals surface area contributed by atoms with Crippen LogP contribution in [0.2, 0.25) is 0 Å². The first-order chi connectivity index (χ1) is 15.6. The van der Waals surface area contributed by atoms with E-state index >= 15 is 0 Å². The van der Waals surface area contributed by atoms with Crippen LogP contribution < -0.4 is 15.4 Å². The third-order valence-corrected chi connectivity index (χ3v) is 4.86. The van der Waals surface area contributed by atoms with Crippen molar-refractivity contribution in [3.05, 3.63) is 94.0 Å². The number of carbonyl (C=O) groups excluding carboxylic acids is 2. The number of rotatable bonds is 7. The van der Waals surface area contributed by atoms with Crippen LogP contribution in [0, 0.1) is 10.1 Å². The van der Waals surface area contributed by atoms with Gasteiger partial charge in [-0.25, -0.2) is 0 Å². The molecule has 0 aromatic heterocycles. The summed E-state index contributed by atoms with van der Waals surface area (Å²) in [6.07, 6.45) is 0. The molecule has 0 fully saturated rings. The molecular weight excluding hydrogens is 422 g/mol. The predicted molar refractivity (Wildman–Crippen MR) is 127 cm³/mol. The average molecular weight is 447 g/mol. The number of anilines is 2. The van der Waals surface area contributed by atoms with Gasteiger partial charge in [-0.2, -0.15) is 0 Å². The maximum absolute atomic E-state index is 12.5. The van der Waals surface area contributed by atoms with Crippen molar-refractivity contribution >= 4 is 28.9 Å². The van der Waals surface area contributed by atoms with Crippen molar-refractivity contribution in [3.63, 3.8) is 0 Å². The summed E-state index contributed by atoms with van der Waals surface area (Å²) < 4.78 is 5.28. The average Bonchev–Trinajstić information content (AvgIpc) is 2.78. The zero-order valence-electron chi connectivity index (χ0n) is 18.6. The number of benzene rings is 3. The van der Waals surface area contributed by atoms with Gasteiger partial charge in [-0.3, -0.25) is 19.7 Å². The van der Waals surface area contributed by atoms with E-state index in [-0.39, 0.29) is 29.4 Å². The molecule has 2 amide bonds. The Bertz CT molecular complexity index is 1150. The number of para-hydroxylation sites is 2. The zero-order chi connectivity index (χ0) is 24.0. The molecule has 0 heterocycles. The van der Waals surface area contributed by atoms with Gasteiger partial charge in [0.1, 0.15) is 0 Å². The first-order valence-corrected chi connectivity index (χ1v) is 10.3. The molecule has 3 aromatic rings. The predicted octanol–water partition coefficient (Wildman–Crippen LogP) is 5.16. The fourth-order valence-corrected chi connectivity index (χ4v) is 3.03. The Hall–Kier alpha value is -4.20. The molecule has 8 heteroatoms. The summed E-state index contributed by atoms with van der Waals surface area (Å²) in [5, 5.41) is 16.5. The van der Waals surface area contributed by atoms with Gasteiger partial charge in [0.25, 0.3) is 11.8 Å². The number of carbonyl (C=O) groups is 2. The number of nitro groups is 1. The highest BCUT2D eigenvalue weighted by molar-refractivity contribution is 6.04. The minimum atomic E-state index is -0.570. The van der Waals surface area contributed by atoms with Gasteiger partial charge < -0.3 is 15.4 Å². The summed E-state index contributed by atoms with van der Waals surface area (Å²) in [6.45, 7) is 5.95. The lowest BCUT2D eigenvalue weighted by molar-refractivity contribution is -0.385. The lowest BCUT2D eigenvalue weighted by Gasteiger charge is -2.19. The van der Waals surface area contributed by atoms with Crippen LogP contribution in [0.15, 0.2) is 72.8 Å². The number of nitrogens with zero attached hydrogens (tertiary/aromatic N) is 1. The smallest absolute Gasteiger partial charge is 0.310 e. The molecule has 0 aliphatic rings. The topological polar surface area (TPSA) is 111 Å². The molecule has 0 bridgehead atoms. The van der Waals surface area contributed by atoms with E-state index in [2.05, 4.69) is 31.4 Å². The van der Waals surface area contributed by atoms with Gasteiger partial charge in [-0.05, 0) is 53.4 Å². The van der Waals surface area contributed by atoms with E-state index in [9.17, 15) is 19.7 Å². The summed E-state index contributed by atoms with van der Waals surface area (Å²) in [7, 11) is 0. The number of nitrogens with one attached hydrogen (secondary N) is 2. The Kier molecular flexibility index (Phi) is 7.07. The van der Waals surface area contributed by atoms with E-state index in [1.165, 1.54) is 18.2 Å². The summed E-state index contributed by atoms with van der Waals surface area (Å²) in [6, 6.07) is 19.9. The van der Waals surface area contributed by atoms with E-state index < -0.39 is 10.8 Å². The van der Waals surface area contributed by atoms with E-state index in [4.69, 9.17) is 4.74 Å². The molecule has 0 radical (unpaired) electrons. The van der Waals surface area contributed by atoms with Crippen molar-refractivity contribution in [3.8, 4) is 5.75 Å². The van der Waals surface area contributed by atoms with Gasteiger partial charge in [-0.15, -0.1) is 0 Å². The van der Waals surface area contributed by atoms with Crippen LogP contribution in [-0.4, -0.2) is 23.3 Å². The van der Waals surface area contributed by atoms with Crippen molar-refractivity contribution in [2.75, 3.05) is 17.2 Å². The molecule has 0 atom stereocenters. The monoisotopic (exact) mass is 447 g/mol. The van der Waals surface area contributed by atoms with Crippen LogP contribution in [0.4, 0.5) is 17.1 Å². The van der Waals surface area contributed by atoms with Gasteiger partial charge in [0, 0.05) is 23.0 Å². The number of ether oxygens (including phenoxy) is 1. The molecular formula is C25H25N3O5. The van der Waals surface area contributed by atoms with Crippen LogP contribution in [0.5, 0.6) is 5.75 Å². The standard InChI is InChI=1S/C25H25N3O5/c1-25(2,3)18-10-8-17(9-11-18)24(30)27-20-14-12-19(13-15-20)26-23(29)16-33-22-7-5-4-6-21(22)28(31)32/h4-15H,16H2,1-3H3,(H,26,29)(H,27,30). The Morgan fingerprint density at radius 1 is 0.879 bits per heavy atom. The highest BCUT2D eigenvalue weighted by atomic mass is 16.6. The summed E-state index contributed by atoms with van der Waals surface area (Å²) in [5.41, 5.74) is 2.57. The summed E-state index contributed by atoms with van der Waals surface area (Å²) >= 11 is 0. The van der Waals surface area contributed by atoms with Gasteiger partial charge in [0.05, 0.1) is 4.92 Å². The molecule has 3 rings (SSSR count). The molecule has 8 nitrogen and oxygen atoms in total. The lowest BCUT2D eigenvalue weighted by atomic mass is 9.87. The summed E-state index contributed by atoms with van der Waals surface area (Å²) in [4.78, 5) is 35.1.